The molecule has 0 bridgehead atoms. The average molecular weight is 409 g/mol. The summed E-state index contributed by atoms with van der Waals surface area (Å²) in [5.74, 6) is 0.426. The molecule has 2 heterocycles. The predicted molar refractivity (Wildman–Crippen MR) is 116 cm³/mol. The van der Waals surface area contributed by atoms with Crippen LogP contribution in [0.1, 0.15) is 5.56 Å². The van der Waals surface area contributed by atoms with Crippen LogP contribution in [0.5, 0.6) is 0 Å². The molecule has 4 rings (SSSR count). The third-order valence-electron chi connectivity index (χ3n) is 4.31. The molecule has 0 fully saturated rings. The Morgan fingerprint density at radius 1 is 1.14 bits per heavy atom. The molecule has 0 aliphatic rings. The molecule has 2 aromatic heterocycles. The molecular formula is C21H20N4OS2. The van der Waals surface area contributed by atoms with Crippen molar-refractivity contribution in [2.75, 3.05) is 17.2 Å². The van der Waals surface area contributed by atoms with Gasteiger partial charge in [-0.3, -0.25) is 14.4 Å². The van der Waals surface area contributed by atoms with E-state index in [0.717, 1.165) is 20.2 Å². The first kappa shape index (κ1) is 18.7. The summed E-state index contributed by atoms with van der Waals surface area (Å²) < 4.78 is 2.92. The highest BCUT2D eigenvalue weighted by Gasteiger charge is 2.20. The monoisotopic (exact) mass is 408 g/mol. The number of para-hydroxylation sites is 1. The number of carbonyl (C=O) groups is 1. The minimum absolute atomic E-state index is 0.0526. The molecule has 0 spiro atoms. The number of hydrogen-bond donors (Lipinski definition) is 0. The highest BCUT2D eigenvalue weighted by atomic mass is 32.2. The minimum atomic E-state index is 0.0526. The molecule has 2 aromatic carbocycles. The van der Waals surface area contributed by atoms with Crippen molar-refractivity contribution in [2.45, 2.75) is 18.4 Å². The van der Waals surface area contributed by atoms with Crippen molar-refractivity contribution in [1.29, 1.82) is 0 Å². The number of amides is 1. The zero-order chi connectivity index (χ0) is 19.3. The fourth-order valence-corrected chi connectivity index (χ4v) is 4.58. The second-order valence-electron chi connectivity index (χ2n) is 6.38. The van der Waals surface area contributed by atoms with Gasteiger partial charge in [0.1, 0.15) is 0 Å². The number of rotatable bonds is 7. The van der Waals surface area contributed by atoms with Gasteiger partial charge >= 0.3 is 0 Å². The van der Waals surface area contributed by atoms with E-state index in [1.54, 1.807) is 34.2 Å². The van der Waals surface area contributed by atoms with E-state index in [2.05, 4.69) is 41.3 Å². The molecule has 0 atom stereocenters. The lowest BCUT2D eigenvalue weighted by molar-refractivity contribution is -0.116. The lowest BCUT2D eigenvalue weighted by atomic mass is 10.2. The van der Waals surface area contributed by atoms with Crippen LogP contribution in [0.4, 0.5) is 5.13 Å². The summed E-state index contributed by atoms with van der Waals surface area (Å²) in [6.07, 6.45) is 3.65. The van der Waals surface area contributed by atoms with Crippen LogP contribution >= 0.6 is 23.1 Å². The van der Waals surface area contributed by atoms with Gasteiger partial charge in [0, 0.05) is 23.8 Å². The Morgan fingerprint density at radius 3 is 2.71 bits per heavy atom. The van der Waals surface area contributed by atoms with Gasteiger partial charge in [0.05, 0.1) is 22.5 Å². The molecule has 28 heavy (non-hydrogen) atoms. The van der Waals surface area contributed by atoms with Crippen molar-refractivity contribution in [3.05, 3.63) is 72.6 Å². The number of anilines is 1. The van der Waals surface area contributed by atoms with Crippen LogP contribution in [0.2, 0.25) is 0 Å². The number of nitrogens with zero attached hydrogens (tertiary/aromatic N) is 4. The number of fused-ring (bicyclic) bond motifs is 1. The van der Waals surface area contributed by atoms with E-state index in [-0.39, 0.29) is 5.91 Å². The van der Waals surface area contributed by atoms with Crippen LogP contribution < -0.4 is 4.90 Å². The number of hydrogen-bond acceptors (Lipinski definition) is 5. The Kier molecular flexibility index (Phi) is 5.73. The second kappa shape index (κ2) is 8.58. The first-order chi connectivity index (χ1) is 13.7. The Bertz CT molecular complexity index is 1020. The number of thioether (sulfide) groups is 1. The van der Waals surface area contributed by atoms with E-state index >= 15 is 0 Å². The van der Waals surface area contributed by atoms with Gasteiger partial charge in [-0.25, -0.2) is 4.98 Å². The van der Waals surface area contributed by atoms with Gasteiger partial charge in [-0.15, -0.1) is 11.8 Å². The molecule has 142 valence electrons. The van der Waals surface area contributed by atoms with Crippen molar-refractivity contribution in [3.63, 3.8) is 0 Å². The summed E-state index contributed by atoms with van der Waals surface area (Å²) in [5, 5.41) is 4.98. The molecule has 5 nitrogen and oxygen atoms in total. The maximum atomic E-state index is 13.1. The van der Waals surface area contributed by atoms with Gasteiger partial charge in [-0.2, -0.15) is 5.10 Å². The lowest BCUT2D eigenvalue weighted by Crippen LogP contribution is -2.35. The highest BCUT2D eigenvalue weighted by Crippen LogP contribution is 2.29. The summed E-state index contributed by atoms with van der Waals surface area (Å²) in [6.45, 7) is 3.22. The molecule has 1 amide bonds. The highest BCUT2D eigenvalue weighted by molar-refractivity contribution is 8.00. The van der Waals surface area contributed by atoms with E-state index < -0.39 is 0 Å². The van der Waals surface area contributed by atoms with Crippen molar-refractivity contribution in [2.24, 2.45) is 0 Å². The molecule has 0 saturated carbocycles. The van der Waals surface area contributed by atoms with E-state index in [4.69, 9.17) is 0 Å². The summed E-state index contributed by atoms with van der Waals surface area (Å²) in [5.41, 5.74) is 2.14. The molecular weight excluding hydrogens is 388 g/mol. The molecule has 4 aromatic rings. The van der Waals surface area contributed by atoms with Crippen LogP contribution in [0.3, 0.4) is 0 Å². The quantitative estimate of drug-likeness (QED) is 0.419. The number of aromatic nitrogens is 3. The zero-order valence-corrected chi connectivity index (χ0v) is 17.1. The molecule has 0 aliphatic carbocycles. The molecule has 7 heteroatoms. The first-order valence-corrected chi connectivity index (χ1v) is 10.8. The van der Waals surface area contributed by atoms with Crippen LogP contribution in [-0.4, -0.2) is 33.0 Å². The van der Waals surface area contributed by atoms with Crippen molar-refractivity contribution < 1.29 is 4.79 Å². The van der Waals surface area contributed by atoms with Gasteiger partial charge < -0.3 is 0 Å². The number of aryl methyl sites for hydroxylation is 1. The van der Waals surface area contributed by atoms with Crippen molar-refractivity contribution >= 4 is 44.4 Å². The second-order valence-corrected chi connectivity index (χ2v) is 8.44. The smallest absolute Gasteiger partial charge is 0.239 e. The Morgan fingerprint density at radius 2 is 1.96 bits per heavy atom. The third kappa shape index (κ3) is 4.43. The van der Waals surface area contributed by atoms with Crippen LogP contribution in [0.15, 0.2) is 71.9 Å². The third-order valence-corrected chi connectivity index (χ3v) is 6.37. The SMILES string of the molecule is Cc1ccc(SCC(=O)N(CCn2cccn2)c2nc3ccccc3s2)cc1. The number of thiazole rings is 1. The van der Waals surface area contributed by atoms with E-state index in [9.17, 15) is 4.79 Å². The summed E-state index contributed by atoms with van der Waals surface area (Å²) in [7, 11) is 0. The number of carbonyl (C=O) groups excluding carboxylic acids is 1. The van der Waals surface area contributed by atoms with Gasteiger partial charge in [0.25, 0.3) is 0 Å². The first-order valence-electron chi connectivity index (χ1n) is 9.02. The zero-order valence-electron chi connectivity index (χ0n) is 15.5. The average Bonchev–Trinajstić information content (AvgIpc) is 3.37. The topological polar surface area (TPSA) is 51.0 Å². The van der Waals surface area contributed by atoms with E-state index in [1.165, 1.54) is 5.56 Å². The Hall–Kier alpha value is -2.64. The fourth-order valence-electron chi connectivity index (χ4n) is 2.80. The summed E-state index contributed by atoms with van der Waals surface area (Å²) in [4.78, 5) is 20.6. The summed E-state index contributed by atoms with van der Waals surface area (Å²) >= 11 is 3.10. The van der Waals surface area contributed by atoms with Crippen LogP contribution in [0.25, 0.3) is 10.2 Å². The predicted octanol–water partition coefficient (Wildman–Crippen LogP) is 4.63. The van der Waals surface area contributed by atoms with Gasteiger partial charge in [-0.05, 0) is 37.3 Å². The van der Waals surface area contributed by atoms with E-state index in [1.807, 2.05) is 41.2 Å². The molecule has 0 saturated heterocycles. The van der Waals surface area contributed by atoms with Crippen molar-refractivity contribution in [1.82, 2.24) is 14.8 Å². The fraction of sp³-hybridized carbons (Fsp3) is 0.190. The molecule has 0 N–H and O–H groups in total. The Labute approximate surface area is 172 Å². The molecule has 0 radical (unpaired) electrons. The minimum Gasteiger partial charge on any atom is -0.285 e. The largest absolute Gasteiger partial charge is 0.285 e. The normalized spacial score (nSPS) is 11.0. The van der Waals surface area contributed by atoms with Crippen LogP contribution in [0, 0.1) is 6.92 Å². The van der Waals surface area contributed by atoms with Crippen LogP contribution in [-0.2, 0) is 11.3 Å². The lowest BCUT2D eigenvalue weighted by Gasteiger charge is -2.19. The molecule has 0 unspecified atom stereocenters. The van der Waals surface area contributed by atoms with Gasteiger partial charge in [0.2, 0.25) is 5.91 Å². The van der Waals surface area contributed by atoms with Crippen molar-refractivity contribution in [3.8, 4) is 0 Å². The molecule has 0 aliphatic heterocycles. The number of benzene rings is 2. The maximum Gasteiger partial charge on any atom is 0.239 e. The van der Waals surface area contributed by atoms with Gasteiger partial charge in [-0.1, -0.05) is 41.2 Å². The Balaban J connectivity index is 1.52. The maximum absolute atomic E-state index is 13.1. The standard InChI is InChI=1S/C21H20N4OS2/c1-16-7-9-17(10-8-16)27-15-20(26)25(14-13-24-12-4-11-22-24)21-23-18-5-2-3-6-19(18)28-21/h2-12H,13-15H2,1H3. The summed E-state index contributed by atoms with van der Waals surface area (Å²) in [6, 6.07) is 18.1. The van der Waals surface area contributed by atoms with E-state index in [0.29, 0.717) is 18.8 Å². The van der Waals surface area contributed by atoms with Gasteiger partial charge in [0.15, 0.2) is 5.13 Å².